The van der Waals surface area contributed by atoms with Gasteiger partial charge in [0.2, 0.25) is 0 Å². The van der Waals surface area contributed by atoms with Crippen LogP contribution in [0.1, 0.15) is 20.3 Å². The summed E-state index contributed by atoms with van der Waals surface area (Å²) in [5, 5.41) is 13.3. The number of amides is 2. The van der Waals surface area contributed by atoms with Gasteiger partial charge in [-0.05, 0) is 32.4 Å². The fourth-order valence-corrected chi connectivity index (χ4v) is 4.05. The van der Waals surface area contributed by atoms with E-state index in [9.17, 15) is 9.59 Å². The van der Waals surface area contributed by atoms with E-state index >= 15 is 0 Å². The predicted octanol–water partition coefficient (Wildman–Crippen LogP) is 2.60. The van der Waals surface area contributed by atoms with Crippen molar-refractivity contribution in [2.75, 3.05) is 18.2 Å². The Kier molecular flexibility index (Phi) is 4.14. The largest absolute Gasteiger partial charge is 0.448 e. The van der Waals surface area contributed by atoms with E-state index in [1.54, 1.807) is 13.8 Å². The third-order valence-electron chi connectivity index (χ3n) is 4.98. The summed E-state index contributed by atoms with van der Waals surface area (Å²) in [5.41, 5.74) is 0.905. The van der Waals surface area contributed by atoms with Crippen LogP contribution in [0.5, 0.6) is 0 Å². The second kappa shape index (κ2) is 6.47. The third-order valence-corrected chi connectivity index (χ3v) is 4.98. The molecule has 26 heavy (non-hydrogen) atoms. The summed E-state index contributed by atoms with van der Waals surface area (Å²) in [6.07, 6.45) is -0.485. The van der Waals surface area contributed by atoms with Crippen molar-refractivity contribution in [2.24, 2.45) is 10.3 Å². The van der Waals surface area contributed by atoms with Gasteiger partial charge in [-0.25, -0.2) is 24.6 Å². The zero-order valence-electron chi connectivity index (χ0n) is 14.7. The molecule has 1 aliphatic carbocycles. The standard InChI is InChI=1S/C17H21N5O4/c1-3-25-16(23)21-12-10-13(22(21)17(24)26-4-2)15-14(12)18-19-20(15)11-8-6-5-7-9-11/h5-9,12-15H,3-4,10H2,1-2H3/t12-,13-,14+,15+/m0/s1. The molecule has 1 aromatic rings. The highest BCUT2D eigenvalue weighted by atomic mass is 16.6. The van der Waals surface area contributed by atoms with Gasteiger partial charge in [-0.15, -0.1) is 0 Å². The van der Waals surface area contributed by atoms with Gasteiger partial charge in [0, 0.05) is 0 Å². The van der Waals surface area contributed by atoms with Crippen molar-refractivity contribution in [1.29, 1.82) is 0 Å². The second-order valence-electron chi connectivity index (χ2n) is 6.32. The maximum atomic E-state index is 12.6. The molecule has 3 aliphatic rings. The van der Waals surface area contributed by atoms with E-state index in [4.69, 9.17) is 9.47 Å². The van der Waals surface area contributed by atoms with E-state index in [1.807, 2.05) is 35.3 Å². The number of carbonyl (C=O) groups excluding carboxylic acids is 2. The average Bonchev–Trinajstić information content (AvgIpc) is 3.33. The molecule has 0 unspecified atom stereocenters. The van der Waals surface area contributed by atoms with E-state index in [1.165, 1.54) is 10.0 Å². The van der Waals surface area contributed by atoms with Gasteiger partial charge in [-0.3, -0.25) is 0 Å². The van der Waals surface area contributed by atoms with Crippen LogP contribution in [0.2, 0.25) is 0 Å². The minimum Gasteiger partial charge on any atom is -0.448 e. The summed E-state index contributed by atoms with van der Waals surface area (Å²) in [7, 11) is 0. The van der Waals surface area contributed by atoms with Crippen molar-refractivity contribution < 1.29 is 19.1 Å². The first kappa shape index (κ1) is 16.6. The van der Waals surface area contributed by atoms with Gasteiger partial charge >= 0.3 is 12.2 Å². The first-order valence-electron chi connectivity index (χ1n) is 8.84. The Bertz CT molecular complexity index is 727. The number of anilines is 1. The Morgan fingerprint density at radius 2 is 1.65 bits per heavy atom. The molecule has 2 amide bonds. The number of hydrogen-bond acceptors (Lipinski definition) is 7. The highest BCUT2D eigenvalue weighted by molar-refractivity contribution is 5.77. The van der Waals surface area contributed by atoms with Crippen LogP contribution in [0.15, 0.2) is 40.7 Å². The Morgan fingerprint density at radius 3 is 2.27 bits per heavy atom. The fraction of sp³-hybridized carbons (Fsp3) is 0.529. The van der Waals surface area contributed by atoms with Crippen molar-refractivity contribution in [1.82, 2.24) is 10.0 Å². The maximum Gasteiger partial charge on any atom is 0.429 e. The minimum absolute atomic E-state index is 0.127. The minimum atomic E-state index is -0.556. The van der Waals surface area contributed by atoms with Gasteiger partial charge in [0.1, 0.15) is 12.1 Å². The van der Waals surface area contributed by atoms with Crippen LogP contribution < -0.4 is 5.01 Å². The van der Waals surface area contributed by atoms with Gasteiger partial charge < -0.3 is 9.47 Å². The lowest BCUT2D eigenvalue weighted by molar-refractivity contribution is -0.0456. The third kappa shape index (κ3) is 2.38. The Balaban J connectivity index is 1.66. The van der Waals surface area contributed by atoms with Crippen LogP contribution in [-0.2, 0) is 9.47 Å². The number of benzene rings is 1. The summed E-state index contributed by atoms with van der Waals surface area (Å²) in [4.78, 5) is 25.0. The number of ether oxygens (including phenoxy) is 2. The average molecular weight is 359 g/mol. The van der Waals surface area contributed by atoms with Crippen molar-refractivity contribution in [3.8, 4) is 0 Å². The van der Waals surface area contributed by atoms with Gasteiger partial charge in [0.15, 0.2) is 0 Å². The normalized spacial score (nSPS) is 28.5. The molecule has 0 radical (unpaired) electrons. The molecule has 2 fully saturated rings. The number of hydrazine groups is 1. The Morgan fingerprint density at radius 1 is 1.04 bits per heavy atom. The summed E-state index contributed by atoms with van der Waals surface area (Å²) in [5.74, 6) is 0. The monoisotopic (exact) mass is 359 g/mol. The van der Waals surface area contributed by atoms with E-state index in [0.717, 1.165) is 5.69 Å². The van der Waals surface area contributed by atoms with Crippen LogP contribution in [-0.4, -0.2) is 59.6 Å². The topological polar surface area (TPSA) is 87.0 Å². The second-order valence-corrected chi connectivity index (χ2v) is 6.32. The molecule has 1 saturated heterocycles. The van der Waals surface area contributed by atoms with Crippen molar-refractivity contribution in [3.63, 3.8) is 0 Å². The zero-order valence-corrected chi connectivity index (χ0v) is 14.7. The number of nitrogens with zero attached hydrogens (tertiary/aromatic N) is 5. The van der Waals surface area contributed by atoms with Crippen LogP contribution in [0.4, 0.5) is 15.3 Å². The number of hydrogen-bond donors (Lipinski definition) is 0. The van der Waals surface area contributed by atoms with E-state index in [-0.39, 0.29) is 37.4 Å². The van der Waals surface area contributed by atoms with E-state index < -0.39 is 12.2 Å². The van der Waals surface area contributed by atoms with E-state index in [0.29, 0.717) is 6.42 Å². The molecule has 0 spiro atoms. The van der Waals surface area contributed by atoms with Gasteiger partial charge in [0.05, 0.1) is 31.0 Å². The summed E-state index contributed by atoms with van der Waals surface area (Å²) >= 11 is 0. The maximum absolute atomic E-state index is 12.6. The highest BCUT2D eigenvalue weighted by Crippen LogP contribution is 2.46. The van der Waals surface area contributed by atoms with Crippen molar-refractivity contribution >= 4 is 17.9 Å². The molecule has 1 saturated carbocycles. The molecule has 0 N–H and O–H groups in total. The molecule has 2 aliphatic heterocycles. The summed E-state index contributed by atoms with van der Waals surface area (Å²) in [6.45, 7) is 3.93. The lowest BCUT2D eigenvalue weighted by Crippen LogP contribution is -2.63. The number of para-hydroxylation sites is 1. The molecule has 2 bridgehead atoms. The molecule has 9 nitrogen and oxygen atoms in total. The lowest BCUT2D eigenvalue weighted by Gasteiger charge is -2.41. The molecular formula is C17H21N5O4. The highest BCUT2D eigenvalue weighted by Gasteiger charge is 2.64. The summed E-state index contributed by atoms with van der Waals surface area (Å²) in [6, 6.07) is 8.83. The lowest BCUT2D eigenvalue weighted by atomic mass is 10.1. The quantitative estimate of drug-likeness (QED) is 0.828. The molecule has 0 aromatic heterocycles. The van der Waals surface area contributed by atoms with Crippen LogP contribution >= 0.6 is 0 Å². The SMILES string of the molecule is CCOC(=O)N1[C@H]2C[C@@H]([C@@H]3[C@@H]2N=NN3c2ccccc2)N1C(=O)OCC. The fourth-order valence-electron chi connectivity index (χ4n) is 4.05. The van der Waals surface area contributed by atoms with Crippen molar-refractivity contribution in [3.05, 3.63) is 30.3 Å². The Hall–Kier alpha value is -2.84. The first-order chi connectivity index (χ1) is 12.7. The zero-order chi connectivity index (χ0) is 18.3. The van der Waals surface area contributed by atoms with Crippen LogP contribution in [0, 0.1) is 0 Å². The smallest absolute Gasteiger partial charge is 0.429 e. The number of carbonyl (C=O) groups is 2. The van der Waals surface area contributed by atoms with Gasteiger partial charge in [0.25, 0.3) is 0 Å². The Labute approximate surface area is 151 Å². The summed E-state index contributed by atoms with van der Waals surface area (Å²) < 4.78 is 10.3. The van der Waals surface area contributed by atoms with Gasteiger partial charge in [-0.2, -0.15) is 5.11 Å². The predicted molar refractivity (Wildman–Crippen MR) is 91.3 cm³/mol. The van der Waals surface area contributed by atoms with Gasteiger partial charge in [-0.1, -0.05) is 23.4 Å². The number of rotatable bonds is 3. The molecule has 4 atom stereocenters. The van der Waals surface area contributed by atoms with Crippen LogP contribution in [0.3, 0.4) is 0 Å². The molecule has 138 valence electrons. The molecule has 9 heteroatoms. The molecule has 1 aromatic carbocycles. The first-order valence-corrected chi connectivity index (χ1v) is 8.84. The van der Waals surface area contributed by atoms with Crippen molar-refractivity contribution in [2.45, 2.75) is 44.4 Å². The molecule has 2 heterocycles. The number of fused-ring (bicyclic) bond motifs is 5. The van der Waals surface area contributed by atoms with Crippen LogP contribution in [0.25, 0.3) is 0 Å². The van der Waals surface area contributed by atoms with E-state index in [2.05, 4.69) is 10.3 Å². The molecule has 4 rings (SSSR count). The molecular weight excluding hydrogens is 338 g/mol.